The van der Waals surface area contributed by atoms with E-state index in [1.807, 2.05) is 31.2 Å². The minimum absolute atomic E-state index is 0.101. The first kappa shape index (κ1) is 10.2. The van der Waals surface area contributed by atoms with Gasteiger partial charge in [-0.1, -0.05) is 24.3 Å². The van der Waals surface area contributed by atoms with Crippen molar-refractivity contribution in [2.45, 2.75) is 13.0 Å². The molecule has 1 N–H and O–H groups in total. The number of hydrogen-bond acceptors (Lipinski definition) is 3. The molecule has 0 amide bonds. The van der Waals surface area contributed by atoms with Gasteiger partial charge in [0.2, 0.25) is 0 Å². The van der Waals surface area contributed by atoms with Gasteiger partial charge in [0.15, 0.2) is 9.84 Å². The number of hydrogen-bond donors (Lipinski definition) is 1. The Bertz CT molecular complexity index is 491. The normalized spacial score (nSPS) is 22.9. The lowest BCUT2D eigenvalue weighted by atomic mass is 10.2. The molecule has 0 unspecified atom stereocenters. The fraction of sp³-hybridized carbons (Fsp3) is 0.273. The van der Waals surface area contributed by atoms with Crippen LogP contribution in [-0.2, 0) is 9.84 Å². The predicted molar refractivity (Wildman–Crippen MR) is 61.5 cm³/mol. The van der Waals surface area contributed by atoms with E-state index in [0.717, 1.165) is 11.3 Å². The van der Waals surface area contributed by atoms with E-state index >= 15 is 0 Å². The number of rotatable bonds is 2. The van der Waals surface area contributed by atoms with E-state index in [0.29, 0.717) is 0 Å². The van der Waals surface area contributed by atoms with Crippen molar-refractivity contribution in [3.05, 3.63) is 41.3 Å². The molecule has 1 aliphatic rings. The summed E-state index contributed by atoms with van der Waals surface area (Å²) in [4.78, 5) is 0. The molecule has 0 aliphatic carbocycles. The van der Waals surface area contributed by atoms with Crippen LogP contribution < -0.4 is 5.32 Å². The highest BCUT2D eigenvalue weighted by molar-refractivity contribution is 7.94. The first-order valence-electron chi connectivity index (χ1n) is 4.80. The Morgan fingerprint density at radius 2 is 2.07 bits per heavy atom. The van der Waals surface area contributed by atoms with Gasteiger partial charge >= 0.3 is 0 Å². The number of benzene rings is 1. The van der Waals surface area contributed by atoms with E-state index in [-0.39, 0.29) is 11.8 Å². The Morgan fingerprint density at radius 3 is 2.67 bits per heavy atom. The van der Waals surface area contributed by atoms with Crippen LogP contribution in [-0.4, -0.2) is 20.2 Å². The Kier molecular flexibility index (Phi) is 2.52. The van der Waals surface area contributed by atoms with Gasteiger partial charge in [-0.15, -0.1) is 0 Å². The van der Waals surface area contributed by atoms with Crippen molar-refractivity contribution in [2.24, 2.45) is 0 Å². The number of sulfone groups is 1. The van der Waals surface area contributed by atoms with Gasteiger partial charge in [-0.25, -0.2) is 8.42 Å². The molecule has 4 heteroatoms. The lowest BCUT2D eigenvalue weighted by Gasteiger charge is -2.13. The number of para-hydroxylation sites is 1. The van der Waals surface area contributed by atoms with Crippen LogP contribution in [0.15, 0.2) is 35.7 Å². The van der Waals surface area contributed by atoms with Gasteiger partial charge in [-0.2, -0.15) is 0 Å². The SMILES string of the molecule is Cc1ccccc1N[C@@H]1C=CS(=O)(=O)C1. The molecule has 1 atom stereocenters. The Balaban J connectivity index is 2.12. The number of nitrogens with one attached hydrogen (secondary N) is 1. The zero-order valence-electron chi connectivity index (χ0n) is 8.47. The molecular formula is C11H13NO2S. The van der Waals surface area contributed by atoms with Crippen molar-refractivity contribution >= 4 is 15.5 Å². The van der Waals surface area contributed by atoms with E-state index in [9.17, 15) is 8.42 Å². The van der Waals surface area contributed by atoms with Crippen LogP contribution in [0.1, 0.15) is 5.56 Å². The molecule has 3 nitrogen and oxygen atoms in total. The highest BCUT2D eigenvalue weighted by Gasteiger charge is 2.21. The summed E-state index contributed by atoms with van der Waals surface area (Å²) in [5.74, 6) is 0.154. The Labute approximate surface area is 89.7 Å². The van der Waals surface area contributed by atoms with Crippen LogP contribution in [0.3, 0.4) is 0 Å². The van der Waals surface area contributed by atoms with Gasteiger partial charge in [0.25, 0.3) is 0 Å². The zero-order valence-corrected chi connectivity index (χ0v) is 9.29. The van der Waals surface area contributed by atoms with Gasteiger partial charge in [0.1, 0.15) is 0 Å². The number of anilines is 1. The monoisotopic (exact) mass is 223 g/mol. The second-order valence-electron chi connectivity index (χ2n) is 3.72. The van der Waals surface area contributed by atoms with Crippen LogP contribution in [0.4, 0.5) is 5.69 Å². The van der Waals surface area contributed by atoms with E-state index in [1.165, 1.54) is 5.41 Å². The molecule has 1 heterocycles. The fourth-order valence-corrected chi connectivity index (χ4v) is 2.84. The van der Waals surface area contributed by atoms with Crippen molar-refractivity contribution in [3.63, 3.8) is 0 Å². The van der Waals surface area contributed by atoms with Crippen LogP contribution in [0, 0.1) is 6.92 Å². The van der Waals surface area contributed by atoms with Crippen molar-refractivity contribution in [3.8, 4) is 0 Å². The lowest BCUT2D eigenvalue weighted by Crippen LogP contribution is -2.21. The van der Waals surface area contributed by atoms with Gasteiger partial charge in [-0.3, -0.25) is 0 Å². The summed E-state index contributed by atoms with van der Waals surface area (Å²) in [6, 6.07) is 7.74. The molecule has 0 saturated carbocycles. The zero-order chi connectivity index (χ0) is 10.9. The Morgan fingerprint density at radius 1 is 1.33 bits per heavy atom. The fourth-order valence-electron chi connectivity index (χ4n) is 1.60. The molecular weight excluding hydrogens is 210 g/mol. The maximum absolute atomic E-state index is 11.2. The molecule has 15 heavy (non-hydrogen) atoms. The molecule has 1 aromatic carbocycles. The predicted octanol–water partition coefficient (Wildman–Crippen LogP) is 1.72. The third kappa shape index (κ3) is 2.39. The summed E-state index contributed by atoms with van der Waals surface area (Å²) in [7, 11) is -2.97. The molecule has 1 aromatic rings. The third-order valence-corrected chi connectivity index (χ3v) is 3.81. The highest BCUT2D eigenvalue weighted by atomic mass is 32.2. The van der Waals surface area contributed by atoms with Gasteiger partial charge in [0.05, 0.1) is 11.8 Å². The maximum atomic E-state index is 11.2. The maximum Gasteiger partial charge on any atom is 0.173 e. The average molecular weight is 223 g/mol. The van der Waals surface area contributed by atoms with Gasteiger partial charge in [0, 0.05) is 11.1 Å². The van der Waals surface area contributed by atoms with E-state index < -0.39 is 9.84 Å². The van der Waals surface area contributed by atoms with Crippen LogP contribution in [0.5, 0.6) is 0 Å². The van der Waals surface area contributed by atoms with E-state index in [4.69, 9.17) is 0 Å². The second-order valence-corrected chi connectivity index (χ2v) is 5.66. The van der Waals surface area contributed by atoms with Crippen molar-refractivity contribution in [1.29, 1.82) is 0 Å². The largest absolute Gasteiger partial charge is 0.378 e. The Hall–Kier alpha value is -1.29. The second kappa shape index (κ2) is 3.70. The molecule has 0 fully saturated rings. The van der Waals surface area contributed by atoms with Gasteiger partial charge in [-0.05, 0) is 18.6 Å². The van der Waals surface area contributed by atoms with Crippen LogP contribution >= 0.6 is 0 Å². The third-order valence-electron chi connectivity index (χ3n) is 2.42. The highest BCUT2D eigenvalue weighted by Crippen LogP contribution is 2.18. The average Bonchev–Trinajstić information content (AvgIpc) is 2.50. The molecule has 0 aromatic heterocycles. The molecule has 1 aliphatic heterocycles. The van der Waals surface area contributed by atoms with Crippen molar-refractivity contribution < 1.29 is 8.42 Å². The molecule has 80 valence electrons. The quantitative estimate of drug-likeness (QED) is 0.830. The minimum Gasteiger partial charge on any atom is -0.378 e. The summed E-state index contributed by atoms with van der Waals surface area (Å²) < 4.78 is 22.4. The number of aryl methyl sites for hydroxylation is 1. The lowest BCUT2D eigenvalue weighted by molar-refractivity contribution is 0.605. The van der Waals surface area contributed by atoms with Gasteiger partial charge < -0.3 is 5.32 Å². The summed E-state index contributed by atoms with van der Waals surface area (Å²) in [6.45, 7) is 2.00. The summed E-state index contributed by atoms with van der Waals surface area (Å²) in [5, 5.41) is 4.48. The molecule has 0 saturated heterocycles. The molecule has 2 rings (SSSR count). The van der Waals surface area contributed by atoms with E-state index in [2.05, 4.69) is 5.32 Å². The molecule has 0 spiro atoms. The summed E-state index contributed by atoms with van der Waals surface area (Å²) in [5.41, 5.74) is 2.11. The standard InChI is InChI=1S/C11H13NO2S/c1-9-4-2-3-5-11(9)12-10-6-7-15(13,14)8-10/h2-7,10,12H,8H2,1H3/t10-/m1/s1. The first-order valence-corrected chi connectivity index (χ1v) is 6.51. The topological polar surface area (TPSA) is 46.2 Å². The summed E-state index contributed by atoms with van der Waals surface area (Å²) in [6.07, 6.45) is 1.70. The smallest absolute Gasteiger partial charge is 0.173 e. The summed E-state index contributed by atoms with van der Waals surface area (Å²) >= 11 is 0. The minimum atomic E-state index is -2.97. The molecule has 0 radical (unpaired) electrons. The first-order chi connectivity index (χ1) is 7.07. The van der Waals surface area contributed by atoms with Crippen molar-refractivity contribution in [2.75, 3.05) is 11.1 Å². The van der Waals surface area contributed by atoms with E-state index in [1.54, 1.807) is 6.08 Å². The van der Waals surface area contributed by atoms with Crippen LogP contribution in [0.2, 0.25) is 0 Å². The van der Waals surface area contributed by atoms with Crippen LogP contribution in [0.25, 0.3) is 0 Å². The van der Waals surface area contributed by atoms with Crippen molar-refractivity contribution in [1.82, 2.24) is 0 Å². The molecule has 0 bridgehead atoms.